The Balaban J connectivity index is 2.72. The molecule has 0 spiro atoms. The first-order valence-electron chi connectivity index (χ1n) is 5.05. The Hall–Kier alpha value is -2.45. The number of nitrogens with zero attached hydrogens (tertiary/aromatic N) is 2. The summed E-state index contributed by atoms with van der Waals surface area (Å²) in [5.74, 6) is -4.13. The molecule has 106 valence electrons. The zero-order chi connectivity index (χ0) is 15.1. The van der Waals surface area contributed by atoms with Gasteiger partial charge in [-0.1, -0.05) is 0 Å². The molecule has 2 aromatic rings. The summed E-state index contributed by atoms with van der Waals surface area (Å²) in [4.78, 5) is 10.7. The van der Waals surface area contributed by atoms with E-state index in [-0.39, 0.29) is 4.68 Å². The molecule has 0 radical (unpaired) electrons. The number of aromatic carboxylic acids is 1. The van der Waals surface area contributed by atoms with E-state index in [4.69, 9.17) is 5.11 Å². The van der Waals surface area contributed by atoms with Crippen LogP contribution >= 0.6 is 0 Å². The first-order valence-corrected chi connectivity index (χ1v) is 5.05. The number of halogens is 5. The Morgan fingerprint density at radius 1 is 1.25 bits per heavy atom. The highest BCUT2D eigenvalue weighted by molar-refractivity contribution is 5.89. The van der Waals surface area contributed by atoms with Crippen LogP contribution in [0.15, 0.2) is 24.4 Å². The summed E-state index contributed by atoms with van der Waals surface area (Å²) in [6, 6.07) is 1.84. The summed E-state index contributed by atoms with van der Waals surface area (Å²) in [7, 11) is 0. The smallest absolute Gasteiger partial charge is 0.434 e. The molecule has 0 saturated heterocycles. The van der Waals surface area contributed by atoms with Gasteiger partial charge in [-0.15, -0.1) is 0 Å². The van der Waals surface area contributed by atoms with Gasteiger partial charge in [0.2, 0.25) is 0 Å². The lowest BCUT2D eigenvalue weighted by atomic mass is 10.2. The summed E-state index contributed by atoms with van der Waals surface area (Å²) >= 11 is 0. The molecule has 2 rings (SSSR count). The van der Waals surface area contributed by atoms with Crippen molar-refractivity contribution in [1.82, 2.24) is 9.78 Å². The highest BCUT2D eigenvalue weighted by Crippen LogP contribution is 2.34. The predicted molar refractivity (Wildman–Crippen MR) is 55.4 cm³/mol. The minimum absolute atomic E-state index is 0.0816. The molecular formula is C11H5F5N2O2. The third-order valence-corrected chi connectivity index (χ3v) is 2.41. The van der Waals surface area contributed by atoms with Crippen LogP contribution in [0.5, 0.6) is 0 Å². The number of hydrogen-bond acceptors (Lipinski definition) is 2. The number of rotatable bonds is 2. The minimum Gasteiger partial charge on any atom is -0.478 e. The molecule has 0 bridgehead atoms. The van der Waals surface area contributed by atoms with Crippen molar-refractivity contribution in [2.75, 3.05) is 0 Å². The molecule has 0 aliphatic carbocycles. The molecule has 0 fully saturated rings. The van der Waals surface area contributed by atoms with Gasteiger partial charge in [0.15, 0.2) is 11.5 Å². The van der Waals surface area contributed by atoms with E-state index in [1.54, 1.807) is 0 Å². The van der Waals surface area contributed by atoms with Gasteiger partial charge in [0, 0.05) is 6.07 Å². The van der Waals surface area contributed by atoms with Crippen LogP contribution in [0.4, 0.5) is 22.0 Å². The standard InChI is InChI=1S/C11H5F5N2O2/c12-5-1-2-8(7(13)3-5)18-9(11(14,15)16)6(4-17-18)10(19)20/h1-4H,(H,19,20). The molecule has 1 heterocycles. The van der Waals surface area contributed by atoms with Gasteiger partial charge in [0.1, 0.15) is 17.1 Å². The highest BCUT2D eigenvalue weighted by Gasteiger charge is 2.41. The maximum Gasteiger partial charge on any atom is 0.434 e. The summed E-state index contributed by atoms with van der Waals surface area (Å²) < 4.78 is 65.0. The second kappa shape index (κ2) is 4.58. The summed E-state index contributed by atoms with van der Waals surface area (Å²) in [5.41, 5.74) is -3.47. The number of carboxylic acids is 1. The number of carbonyl (C=O) groups is 1. The Bertz CT molecular complexity index is 678. The average molecular weight is 292 g/mol. The minimum atomic E-state index is -5.06. The van der Waals surface area contributed by atoms with Crippen LogP contribution in [0.1, 0.15) is 16.1 Å². The van der Waals surface area contributed by atoms with E-state index in [9.17, 15) is 26.7 Å². The number of hydrogen-bond donors (Lipinski definition) is 1. The van der Waals surface area contributed by atoms with Crippen LogP contribution in [0.2, 0.25) is 0 Å². The normalized spacial score (nSPS) is 11.7. The van der Waals surface area contributed by atoms with Gasteiger partial charge in [-0.05, 0) is 12.1 Å². The molecular weight excluding hydrogens is 287 g/mol. The first-order chi connectivity index (χ1) is 9.21. The number of carboxylic acid groups (broad SMARTS) is 1. The molecule has 0 unspecified atom stereocenters. The van der Waals surface area contributed by atoms with Gasteiger partial charge in [-0.25, -0.2) is 18.3 Å². The van der Waals surface area contributed by atoms with Crippen molar-refractivity contribution in [3.8, 4) is 5.69 Å². The van der Waals surface area contributed by atoms with Gasteiger partial charge < -0.3 is 5.11 Å². The molecule has 1 aromatic heterocycles. The van der Waals surface area contributed by atoms with Crippen LogP contribution in [0, 0.1) is 11.6 Å². The topological polar surface area (TPSA) is 55.1 Å². The fourth-order valence-corrected chi connectivity index (χ4v) is 1.61. The third kappa shape index (κ3) is 2.33. The van der Waals surface area contributed by atoms with E-state index >= 15 is 0 Å². The summed E-state index contributed by atoms with van der Waals surface area (Å²) in [5, 5.41) is 11.9. The Kier molecular flexibility index (Phi) is 3.20. The zero-order valence-corrected chi connectivity index (χ0v) is 9.45. The van der Waals surface area contributed by atoms with Gasteiger partial charge in [-0.3, -0.25) is 0 Å². The lowest BCUT2D eigenvalue weighted by molar-refractivity contribution is -0.143. The van der Waals surface area contributed by atoms with Crippen molar-refractivity contribution < 1.29 is 31.9 Å². The van der Waals surface area contributed by atoms with E-state index in [0.717, 1.165) is 12.1 Å². The van der Waals surface area contributed by atoms with Crippen LogP contribution in [0.25, 0.3) is 5.69 Å². The molecule has 0 atom stereocenters. The monoisotopic (exact) mass is 292 g/mol. The van der Waals surface area contributed by atoms with Crippen molar-refractivity contribution in [3.05, 3.63) is 47.3 Å². The first kappa shape index (κ1) is 14.0. The van der Waals surface area contributed by atoms with E-state index < -0.39 is 40.7 Å². The zero-order valence-electron chi connectivity index (χ0n) is 9.45. The summed E-state index contributed by atoms with van der Waals surface area (Å²) in [6.45, 7) is 0. The van der Waals surface area contributed by atoms with Crippen molar-refractivity contribution in [2.45, 2.75) is 6.18 Å². The number of alkyl halides is 3. The quantitative estimate of drug-likeness (QED) is 0.866. The Morgan fingerprint density at radius 3 is 2.40 bits per heavy atom. The largest absolute Gasteiger partial charge is 0.478 e. The molecule has 0 aliphatic heterocycles. The van der Waals surface area contributed by atoms with Crippen molar-refractivity contribution >= 4 is 5.97 Å². The molecule has 20 heavy (non-hydrogen) atoms. The molecule has 1 aromatic carbocycles. The lowest BCUT2D eigenvalue weighted by Gasteiger charge is -2.12. The van der Waals surface area contributed by atoms with Gasteiger partial charge >= 0.3 is 12.1 Å². The molecule has 0 saturated carbocycles. The van der Waals surface area contributed by atoms with Gasteiger partial charge in [0.25, 0.3) is 0 Å². The molecule has 9 heteroatoms. The van der Waals surface area contributed by atoms with E-state index in [0.29, 0.717) is 12.3 Å². The fraction of sp³-hybridized carbons (Fsp3) is 0.0909. The molecule has 1 N–H and O–H groups in total. The van der Waals surface area contributed by atoms with Crippen LogP contribution in [-0.4, -0.2) is 20.9 Å². The van der Waals surface area contributed by atoms with Crippen molar-refractivity contribution in [2.24, 2.45) is 0 Å². The van der Waals surface area contributed by atoms with E-state index in [1.807, 2.05) is 0 Å². The summed E-state index contributed by atoms with van der Waals surface area (Å²) in [6.07, 6.45) is -4.61. The highest BCUT2D eigenvalue weighted by atomic mass is 19.4. The number of benzene rings is 1. The second-order valence-electron chi connectivity index (χ2n) is 3.72. The molecule has 4 nitrogen and oxygen atoms in total. The maximum absolute atomic E-state index is 13.5. The predicted octanol–water partition coefficient (Wildman–Crippen LogP) is 2.87. The maximum atomic E-state index is 13.5. The van der Waals surface area contributed by atoms with Crippen molar-refractivity contribution in [3.63, 3.8) is 0 Å². The van der Waals surface area contributed by atoms with Gasteiger partial charge in [0.05, 0.1) is 6.20 Å². The Morgan fingerprint density at radius 2 is 1.90 bits per heavy atom. The Labute approximate surface area is 108 Å². The lowest BCUT2D eigenvalue weighted by Crippen LogP contribution is -2.18. The van der Waals surface area contributed by atoms with Gasteiger partial charge in [-0.2, -0.15) is 18.3 Å². The third-order valence-electron chi connectivity index (χ3n) is 2.41. The van der Waals surface area contributed by atoms with E-state index in [2.05, 4.69) is 5.10 Å². The fourth-order valence-electron chi connectivity index (χ4n) is 1.61. The second-order valence-corrected chi connectivity index (χ2v) is 3.72. The average Bonchev–Trinajstić information content (AvgIpc) is 2.73. The molecule has 0 amide bonds. The van der Waals surface area contributed by atoms with Crippen molar-refractivity contribution in [1.29, 1.82) is 0 Å². The number of aromatic nitrogens is 2. The molecule has 0 aliphatic rings. The SMILES string of the molecule is O=C(O)c1cnn(-c2ccc(F)cc2F)c1C(F)(F)F. The van der Waals surface area contributed by atoms with Crippen LogP contribution < -0.4 is 0 Å². The van der Waals surface area contributed by atoms with E-state index in [1.165, 1.54) is 0 Å². The van der Waals surface area contributed by atoms with Crippen LogP contribution in [0.3, 0.4) is 0 Å². The van der Waals surface area contributed by atoms with Crippen LogP contribution in [-0.2, 0) is 6.18 Å².